The minimum Gasteiger partial charge on any atom is -0.493 e. The van der Waals surface area contributed by atoms with Gasteiger partial charge >= 0.3 is 0 Å². The van der Waals surface area contributed by atoms with E-state index in [2.05, 4.69) is 5.32 Å². The molecule has 0 aliphatic carbocycles. The lowest BCUT2D eigenvalue weighted by atomic mass is 10.1. The molecular weight excluding hydrogens is 313 g/mol. The maximum absolute atomic E-state index is 13.5. The molecule has 2 rings (SSSR count). The number of para-hydroxylation sites is 1. The Morgan fingerprint density at radius 1 is 1.04 bits per heavy atom. The molecule has 6 heteroatoms. The second-order valence-corrected chi connectivity index (χ2v) is 4.76. The summed E-state index contributed by atoms with van der Waals surface area (Å²) in [6, 6.07) is 9.36. The Morgan fingerprint density at radius 2 is 1.67 bits per heavy atom. The molecule has 0 fully saturated rings. The van der Waals surface area contributed by atoms with Crippen LogP contribution in [-0.4, -0.2) is 27.2 Å². The molecule has 126 valence electrons. The number of carbonyl (C=O) groups is 1. The molecule has 2 aromatic rings. The van der Waals surface area contributed by atoms with Crippen LogP contribution >= 0.6 is 0 Å². The predicted octanol–water partition coefficient (Wildman–Crippen LogP) is 3.50. The van der Waals surface area contributed by atoms with Crippen molar-refractivity contribution in [2.24, 2.45) is 0 Å². The molecule has 0 aliphatic rings. The lowest BCUT2D eigenvalue weighted by molar-refractivity contribution is -0.111. The molecular formula is C18H18FNO4. The first kappa shape index (κ1) is 17.3. The van der Waals surface area contributed by atoms with Crippen molar-refractivity contribution >= 4 is 17.7 Å². The van der Waals surface area contributed by atoms with Crippen LogP contribution in [0.25, 0.3) is 6.08 Å². The summed E-state index contributed by atoms with van der Waals surface area (Å²) in [7, 11) is 4.53. The molecule has 0 saturated carbocycles. The number of rotatable bonds is 6. The Kier molecular flexibility index (Phi) is 5.78. The zero-order valence-electron chi connectivity index (χ0n) is 13.6. The quantitative estimate of drug-likeness (QED) is 0.823. The number of ether oxygens (including phenoxy) is 3. The number of benzene rings is 2. The van der Waals surface area contributed by atoms with Gasteiger partial charge in [-0.1, -0.05) is 12.1 Å². The van der Waals surface area contributed by atoms with E-state index in [4.69, 9.17) is 14.2 Å². The molecule has 0 radical (unpaired) electrons. The number of halogens is 1. The Labute approximate surface area is 139 Å². The zero-order chi connectivity index (χ0) is 17.5. The zero-order valence-corrected chi connectivity index (χ0v) is 13.6. The Morgan fingerprint density at radius 3 is 2.21 bits per heavy atom. The molecule has 0 atom stereocenters. The minimum absolute atomic E-state index is 0.122. The molecule has 0 heterocycles. The summed E-state index contributed by atoms with van der Waals surface area (Å²) >= 11 is 0. The summed E-state index contributed by atoms with van der Waals surface area (Å²) in [6.07, 6.45) is 2.87. The van der Waals surface area contributed by atoms with Crippen LogP contribution in [0.3, 0.4) is 0 Å². The van der Waals surface area contributed by atoms with E-state index >= 15 is 0 Å². The fourth-order valence-corrected chi connectivity index (χ4v) is 2.11. The predicted molar refractivity (Wildman–Crippen MR) is 90.2 cm³/mol. The van der Waals surface area contributed by atoms with Crippen LogP contribution in [0.1, 0.15) is 5.56 Å². The second-order valence-electron chi connectivity index (χ2n) is 4.76. The van der Waals surface area contributed by atoms with E-state index < -0.39 is 11.7 Å². The van der Waals surface area contributed by atoms with E-state index in [0.717, 1.165) is 0 Å². The van der Waals surface area contributed by atoms with Crippen molar-refractivity contribution in [2.45, 2.75) is 0 Å². The molecule has 0 unspecified atom stereocenters. The third-order valence-corrected chi connectivity index (χ3v) is 3.25. The number of hydrogen-bond donors (Lipinski definition) is 1. The largest absolute Gasteiger partial charge is 0.493 e. The molecule has 0 aliphatic heterocycles. The van der Waals surface area contributed by atoms with Gasteiger partial charge in [0.05, 0.1) is 27.0 Å². The number of hydrogen-bond acceptors (Lipinski definition) is 4. The van der Waals surface area contributed by atoms with Crippen molar-refractivity contribution < 1.29 is 23.4 Å². The summed E-state index contributed by atoms with van der Waals surface area (Å²) in [5.41, 5.74) is 0.797. The summed E-state index contributed by atoms with van der Waals surface area (Å²) < 4.78 is 29.2. The number of nitrogens with one attached hydrogen (secondary N) is 1. The molecule has 0 aromatic heterocycles. The van der Waals surface area contributed by atoms with Gasteiger partial charge in [-0.3, -0.25) is 4.79 Å². The summed E-state index contributed by atoms with van der Waals surface area (Å²) in [5.74, 6) is 0.478. The molecule has 0 bridgehead atoms. The van der Waals surface area contributed by atoms with E-state index in [1.54, 1.807) is 30.3 Å². The van der Waals surface area contributed by atoms with Gasteiger partial charge in [-0.2, -0.15) is 0 Å². The number of carbonyl (C=O) groups excluding carboxylic acids is 1. The molecule has 1 N–H and O–H groups in total. The average Bonchev–Trinajstić information content (AvgIpc) is 2.60. The third-order valence-electron chi connectivity index (χ3n) is 3.25. The van der Waals surface area contributed by atoms with Crippen LogP contribution in [0.2, 0.25) is 0 Å². The van der Waals surface area contributed by atoms with E-state index in [1.165, 1.54) is 39.5 Å². The van der Waals surface area contributed by atoms with Crippen LogP contribution in [0.15, 0.2) is 42.5 Å². The van der Waals surface area contributed by atoms with Crippen LogP contribution in [0.5, 0.6) is 17.2 Å². The Bertz CT molecular complexity index is 733. The van der Waals surface area contributed by atoms with Gasteiger partial charge in [-0.25, -0.2) is 4.39 Å². The number of methoxy groups -OCH3 is 3. The van der Waals surface area contributed by atoms with Gasteiger partial charge in [-0.15, -0.1) is 0 Å². The highest BCUT2D eigenvalue weighted by molar-refractivity contribution is 6.02. The SMILES string of the molecule is COc1cc(/C=C/C(=O)Nc2ccccc2F)cc(OC)c1OC. The highest BCUT2D eigenvalue weighted by Gasteiger charge is 2.12. The molecule has 24 heavy (non-hydrogen) atoms. The smallest absolute Gasteiger partial charge is 0.248 e. The summed E-state index contributed by atoms with van der Waals surface area (Å²) in [6.45, 7) is 0. The second kappa shape index (κ2) is 8.01. The van der Waals surface area contributed by atoms with Gasteiger partial charge in [0, 0.05) is 6.08 Å². The highest BCUT2D eigenvalue weighted by Crippen LogP contribution is 2.38. The average molecular weight is 331 g/mol. The van der Waals surface area contributed by atoms with Gasteiger partial charge in [0.1, 0.15) is 5.82 Å². The van der Waals surface area contributed by atoms with Gasteiger partial charge in [0.2, 0.25) is 11.7 Å². The third kappa shape index (κ3) is 4.04. The van der Waals surface area contributed by atoms with Crippen molar-refractivity contribution in [1.29, 1.82) is 0 Å². The monoisotopic (exact) mass is 331 g/mol. The lowest BCUT2D eigenvalue weighted by Gasteiger charge is -2.12. The van der Waals surface area contributed by atoms with Crippen LogP contribution in [0, 0.1) is 5.82 Å². The maximum Gasteiger partial charge on any atom is 0.248 e. The van der Waals surface area contributed by atoms with Crippen LogP contribution in [0.4, 0.5) is 10.1 Å². The van der Waals surface area contributed by atoms with Crippen molar-refractivity contribution in [3.8, 4) is 17.2 Å². The van der Waals surface area contributed by atoms with E-state index in [1.807, 2.05) is 0 Å². The fourth-order valence-electron chi connectivity index (χ4n) is 2.11. The normalized spacial score (nSPS) is 10.5. The summed E-state index contributed by atoms with van der Waals surface area (Å²) in [4.78, 5) is 11.9. The topological polar surface area (TPSA) is 56.8 Å². The first-order valence-electron chi connectivity index (χ1n) is 7.12. The standard InChI is InChI=1S/C18H18FNO4/c1-22-15-10-12(11-16(23-2)18(15)24-3)8-9-17(21)20-14-7-5-4-6-13(14)19/h4-11H,1-3H3,(H,20,21)/b9-8+. The maximum atomic E-state index is 13.5. The highest BCUT2D eigenvalue weighted by atomic mass is 19.1. The van der Waals surface area contributed by atoms with Crippen molar-refractivity contribution in [2.75, 3.05) is 26.6 Å². The number of anilines is 1. The van der Waals surface area contributed by atoms with Gasteiger partial charge in [0.15, 0.2) is 11.5 Å². The molecule has 1 amide bonds. The molecule has 5 nitrogen and oxygen atoms in total. The van der Waals surface area contributed by atoms with Crippen molar-refractivity contribution in [3.63, 3.8) is 0 Å². The molecule has 0 saturated heterocycles. The Balaban J connectivity index is 2.19. The van der Waals surface area contributed by atoms with Crippen molar-refractivity contribution in [1.82, 2.24) is 0 Å². The van der Waals surface area contributed by atoms with Crippen molar-refractivity contribution in [3.05, 3.63) is 53.9 Å². The van der Waals surface area contributed by atoms with E-state index in [9.17, 15) is 9.18 Å². The lowest BCUT2D eigenvalue weighted by Crippen LogP contribution is -2.09. The van der Waals surface area contributed by atoms with Gasteiger partial charge in [-0.05, 0) is 35.9 Å². The molecule has 0 spiro atoms. The van der Waals surface area contributed by atoms with Crippen LogP contribution in [-0.2, 0) is 4.79 Å². The van der Waals surface area contributed by atoms with E-state index in [0.29, 0.717) is 22.8 Å². The summed E-state index contributed by atoms with van der Waals surface area (Å²) in [5, 5.41) is 2.47. The van der Waals surface area contributed by atoms with E-state index in [-0.39, 0.29) is 5.69 Å². The van der Waals surface area contributed by atoms with Crippen LogP contribution < -0.4 is 19.5 Å². The molecule has 2 aromatic carbocycles. The first-order valence-corrected chi connectivity index (χ1v) is 7.12. The minimum atomic E-state index is -0.493. The van der Waals surface area contributed by atoms with Gasteiger partial charge in [0.25, 0.3) is 0 Å². The number of amides is 1. The first-order chi connectivity index (χ1) is 11.6. The Hall–Kier alpha value is -3.02. The fraction of sp³-hybridized carbons (Fsp3) is 0.167. The van der Waals surface area contributed by atoms with Gasteiger partial charge < -0.3 is 19.5 Å².